The number of fused-ring (bicyclic) bond motifs is 1. The van der Waals surface area contributed by atoms with Gasteiger partial charge in [-0.2, -0.15) is 0 Å². The van der Waals surface area contributed by atoms with Crippen molar-refractivity contribution in [2.75, 3.05) is 12.0 Å². The Kier molecular flexibility index (Phi) is 4.83. The highest BCUT2D eigenvalue weighted by Crippen LogP contribution is 2.30. The van der Waals surface area contributed by atoms with Crippen LogP contribution in [0.5, 0.6) is 5.75 Å². The van der Waals surface area contributed by atoms with Gasteiger partial charge in [0, 0.05) is 23.9 Å². The number of carbonyl (C=O) groups excluding carboxylic acids is 2. The molecule has 0 bridgehead atoms. The maximum absolute atomic E-state index is 13.4. The van der Waals surface area contributed by atoms with Crippen molar-refractivity contribution < 1.29 is 18.7 Å². The minimum Gasteiger partial charge on any atom is -0.494 e. The first kappa shape index (κ1) is 18.4. The van der Waals surface area contributed by atoms with Gasteiger partial charge in [-0.05, 0) is 12.1 Å². The molecule has 2 amide bonds. The number of imide groups is 1. The predicted octanol–water partition coefficient (Wildman–Crippen LogP) is 4.70. The van der Waals surface area contributed by atoms with E-state index in [-0.39, 0.29) is 17.2 Å². The largest absolute Gasteiger partial charge is 0.494 e. The lowest BCUT2D eigenvalue weighted by molar-refractivity contribution is -0.116. The first-order valence-corrected chi connectivity index (χ1v) is 9.01. The van der Waals surface area contributed by atoms with E-state index < -0.39 is 11.8 Å². The number of ether oxygens (including phenoxy) is 1. The van der Waals surface area contributed by atoms with Crippen LogP contribution in [0, 0.1) is 0 Å². The van der Waals surface area contributed by atoms with E-state index in [1.807, 2.05) is 48.5 Å². The minimum absolute atomic E-state index is 0.156. The number of para-hydroxylation sites is 1. The van der Waals surface area contributed by atoms with Crippen LogP contribution in [0.4, 0.5) is 5.88 Å². The van der Waals surface area contributed by atoms with Crippen LogP contribution in [0.3, 0.4) is 0 Å². The lowest BCUT2D eigenvalue weighted by Crippen LogP contribution is -2.35. The molecule has 0 aliphatic rings. The Hall–Kier alpha value is -3.93. The summed E-state index contributed by atoms with van der Waals surface area (Å²) in [5.41, 5.74) is 2.26. The van der Waals surface area contributed by atoms with Gasteiger partial charge in [0.15, 0.2) is 0 Å². The molecule has 144 valence electrons. The van der Waals surface area contributed by atoms with E-state index in [1.54, 1.807) is 18.2 Å². The van der Waals surface area contributed by atoms with E-state index in [9.17, 15) is 9.59 Å². The third-order valence-corrected chi connectivity index (χ3v) is 4.54. The molecule has 4 rings (SSSR count). The van der Waals surface area contributed by atoms with E-state index in [2.05, 4.69) is 4.98 Å². The molecule has 2 aromatic heterocycles. The molecule has 0 aliphatic carbocycles. The van der Waals surface area contributed by atoms with Crippen molar-refractivity contribution in [1.82, 2.24) is 4.98 Å². The zero-order chi connectivity index (χ0) is 20.4. The van der Waals surface area contributed by atoms with Crippen LogP contribution < -0.4 is 9.64 Å². The number of rotatable bonds is 4. The van der Waals surface area contributed by atoms with Gasteiger partial charge in [0.25, 0.3) is 5.91 Å². The molecule has 0 saturated heterocycles. The SMILES string of the molecule is COc1cnc(-c2ccccc2)cc1C(=O)N(C(C)=O)c1cc2ccccc2o1. The fourth-order valence-corrected chi connectivity index (χ4v) is 3.14. The predicted molar refractivity (Wildman–Crippen MR) is 110 cm³/mol. The van der Waals surface area contributed by atoms with Gasteiger partial charge in [0.05, 0.1) is 24.6 Å². The molecule has 0 fully saturated rings. The number of aromatic nitrogens is 1. The Morgan fingerprint density at radius 3 is 2.41 bits per heavy atom. The van der Waals surface area contributed by atoms with Crippen LogP contribution >= 0.6 is 0 Å². The monoisotopic (exact) mass is 386 g/mol. The number of amides is 2. The molecule has 0 N–H and O–H groups in total. The van der Waals surface area contributed by atoms with Crippen LogP contribution in [-0.4, -0.2) is 23.9 Å². The Bertz CT molecular complexity index is 1160. The van der Waals surface area contributed by atoms with Gasteiger partial charge in [0.2, 0.25) is 11.8 Å². The van der Waals surface area contributed by atoms with Crippen molar-refractivity contribution in [3.05, 3.63) is 78.5 Å². The lowest BCUT2D eigenvalue weighted by atomic mass is 10.1. The second-order valence-electron chi connectivity index (χ2n) is 6.42. The number of furan rings is 1. The molecule has 0 atom stereocenters. The normalized spacial score (nSPS) is 10.7. The third kappa shape index (κ3) is 3.48. The fraction of sp³-hybridized carbons (Fsp3) is 0.0870. The molecule has 29 heavy (non-hydrogen) atoms. The number of pyridine rings is 1. The highest BCUT2D eigenvalue weighted by Gasteiger charge is 2.28. The molecule has 6 nitrogen and oxygen atoms in total. The number of hydrogen-bond donors (Lipinski definition) is 0. The van der Waals surface area contributed by atoms with Crippen LogP contribution in [0.1, 0.15) is 17.3 Å². The molecule has 6 heteroatoms. The van der Waals surface area contributed by atoms with Gasteiger partial charge < -0.3 is 9.15 Å². The van der Waals surface area contributed by atoms with Gasteiger partial charge in [0.1, 0.15) is 11.3 Å². The molecule has 0 unspecified atom stereocenters. The van der Waals surface area contributed by atoms with Crippen molar-refractivity contribution >= 4 is 28.7 Å². The van der Waals surface area contributed by atoms with Crippen molar-refractivity contribution in [3.8, 4) is 17.0 Å². The van der Waals surface area contributed by atoms with Crippen molar-refractivity contribution in [1.29, 1.82) is 0 Å². The average Bonchev–Trinajstić information content (AvgIpc) is 3.17. The lowest BCUT2D eigenvalue weighted by Gasteiger charge is -2.18. The van der Waals surface area contributed by atoms with Crippen LogP contribution in [0.15, 0.2) is 77.3 Å². The smallest absolute Gasteiger partial charge is 0.271 e. The fourth-order valence-electron chi connectivity index (χ4n) is 3.14. The summed E-state index contributed by atoms with van der Waals surface area (Å²) in [6.07, 6.45) is 1.48. The van der Waals surface area contributed by atoms with Crippen LogP contribution in [-0.2, 0) is 4.79 Å². The van der Waals surface area contributed by atoms with Gasteiger partial charge >= 0.3 is 0 Å². The number of methoxy groups -OCH3 is 1. The van der Waals surface area contributed by atoms with Gasteiger partial charge in [-0.15, -0.1) is 0 Å². The van der Waals surface area contributed by atoms with E-state index in [1.165, 1.54) is 20.2 Å². The quantitative estimate of drug-likeness (QED) is 0.508. The summed E-state index contributed by atoms with van der Waals surface area (Å²) in [5, 5.41) is 0.799. The molecule has 0 saturated carbocycles. The summed E-state index contributed by atoms with van der Waals surface area (Å²) < 4.78 is 11.1. The summed E-state index contributed by atoms with van der Waals surface area (Å²) >= 11 is 0. The number of anilines is 1. The molecule has 2 heterocycles. The summed E-state index contributed by atoms with van der Waals surface area (Å²) in [5.74, 6) is -0.581. The molecule has 0 spiro atoms. The summed E-state index contributed by atoms with van der Waals surface area (Å²) in [6, 6.07) is 20.1. The molecule has 2 aromatic carbocycles. The summed E-state index contributed by atoms with van der Waals surface area (Å²) in [7, 11) is 1.45. The topological polar surface area (TPSA) is 72.6 Å². The first-order valence-electron chi connectivity index (χ1n) is 9.01. The standard InChI is InChI=1S/C23H18N2O4/c1-15(26)25(22-12-17-10-6-7-11-20(17)29-22)23(27)18-13-19(24-14-21(18)28-2)16-8-4-3-5-9-16/h3-14H,1-2H3. The number of benzene rings is 2. The molecule has 0 aliphatic heterocycles. The maximum atomic E-state index is 13.4. The van der Waals surface area contributed by atoms with Crippen molar-refractivity contribution in [2.24, 2.45) is 0 Å². The Balaban J connectivity index is 1.81. The van der Waals surface area contributed by atoms with E-state index in [0.717, 1.165) is 15.8 Å². The van der Waals surface area contributed by atoms with Crippen molar-refractivity contribution in [3.63, 3.8) is 0 Å². The third-order valence-electron chi connectivity index (χ3n) is 4.54. The molecule has 0 radical (unpaired) electrons. The average molecular weight is 386 g/mol. The Morgan fingerprint density at radius 1 is 1.00 bits per heavy atom. The highest BCUT2D eigenvalue weighted by atomic mass is 16.5. The van der Waals surface area contributed by atoms with E-state index in [0.29, 0.717) is 11.3 Å². The second-order valence-corrected chi connectivity index (χ2v) is 6.42. The second kappa shape index (κ2) is 7.59. The number of nitrogens with zero attached hydrogens (tertiary/aromatic N) is 2. The van der Waals surface area contributed by atoms with E-state index in [4.69, 9.17) is 9.15 Å². The first-order chi connectivity index (χ1) is 14.1. The molecular weight excluding hydrogens is 368 g/mol. The van der Waals surface area contributed by atoms with Crippen LogP contribution in [0.25, 0.3) is 22.2 Å². The minimum atomic E-state index is -0.548. The Morgan fingerprint density at radius 2 is 1.72 bits per heavy atom. The highest BCUT2D eigenvalue weighted by molar-refractivity contribution is 6.21. The Labute approximate surface area is 167 Å². The number of hydrogen-bond acceptors (Lipinski definition) is 5. The molecular formula is C23H18N2O4. The zero-order valence-corrected chi connectivity index (χ0v) is 16.0. The summed E-state index contributed by atoms with van der Waals surface area (Å²) in [4.78, 5) is 31.1. The van der Waals surface area contributed by atoms with Gasteiger partial charge in [-0.25, -0.2) is 4.90 Å². The summed E-state index contributed by atoms with van der Waals surface area (Å²) in [6.45, 7) is 1.32. The van der Waals surface area contributed by atoms with Gasteiger partial charge in [-0.3, -0.25) is 14.6 Å². The molecule has 4 aromatic rings. The zero-order valence-electron chi connectivity index (χ0n) is 16.0. The van der Waals surface area contributed by atoms with Gasteiger partial charge in [-0.1, -0.05) is 48.5 Å². The van der Waals surface area contributed by atoms with Crippen molar-refractivity contribution in [2.45, 2.75) is 6.92 Å². The maximum Gasteiger partial charge on any atom is 0.271 e. The van der Waals surface area contributed by atoms with Crippen LogP contribution in [0.2, 0.25) is 0 Å². The van der Waals surface area contributed by atoms with E-state index >= 15 is 0 Å². The number of carbonyl (C=O) groups is 2.